The van der Waals surface area contributed by atoms with E-state index in [9.17, 15) is 9.59 Å². The number of aryl methyl sites for hydroxylation is 1. The van der Waals surface area contributed by atoms with E-state index in [2.05, 4.69) is 12.1 Å². The summed E-state index contributed by atoms with van der Waals surface area (Å²) in [5.74, 6) is -0.384. The van der Waals surface area contributed by atoms with E-state index in [1.807, 2.05) is 73.7 Å². The number of anilines is 2. The molecule has 2 amide bonds. The molecule has 158 valence electrons. The molecule has 0 N–H and O–H groups in total. The van der Waals surface area contributed by atoms with Crippen LogP contribution in [0.25, 0.3) is 5.57 Å². The van der Waals surface area contributed by atoms with Crippen molar-refractivity contribution in [1.29, 1.82) is 0 Å². The van der Waals surface area contributed by atoms with Gasteiger partial charge >= 0.3 is 0 Å². The van der Waals surface area contributed by atoms with Crippen LogP contribution in [-0.2, 0) is 16.0 Å². The van der Waals surface area contributed by atoms with Crippen LogP contribution in [0.15, 0.2) is 83.8 Å². The second kappa shape index (κ2) is 8.37. The van der Waals surface area contributed by atoms with Crippen LogP contribution in [0.4, 0.5) is 11.4 Å². The van der Waals surface area contributed by atoms with Gasteiger partial charge in [-0.2, -0.15) is 0 Å². The van der Waals surface area contributed by atoms with Crippen molar-refractivity contribution in [3.63, 3.8) is 0 Å². The number of hydrogen-bond acceptors (Lipinski definition) is 4. The molecule has 0 aliphatic carbocycles. The van der Waals surface area contributed by atoms with Gasteiger partial charge in [-0.15, -0.1) is 0 Å². The van der Waals surface area contributed by atoms with Crippen LogP contribution in [0, 0.1) is 6.92 Å². The number of fused-ring (bicyclic) bond motifs is 1. The van der Waals surface area contributed by atoms with E-state index < -0.39 is 0 Å². The third-order valence-corrected chi connectivity index (χ3v) is 7.12. The lowest BCUT2D eigenvalue weighted by Crippen LogP contribution is -2.30. The van der Waals surface area contributed by atoms with Crippen LogP contribution in [0.2, 0.25) is 0 Å². The highest BCUT2D eigenvalue weighted by atomic mass is 32.2. The summed E-state index contributed by atoms with van der Waals surface area (Å²) in [7, 11) is 0. The van der Waals surface area contributed by atoms with E-state index in [1.165, 1.54) is 11.8 Å². The number of benzene rings is 3. The van der Waals surface area contributed by atoms with E-state index in [-0.39, 0.29) is 11.8 Å². The van der Waals surface area contributed by atoms with Crippen LogP contribution in [0.5, 0.6) is 0 Å². The Balaban J connectivity index is 1.53. The molecule has 0 saturated carbocycles. The molecule has 32 heavy (non-hydrogen) atoms. The van der Waals surface area contributed by atoms with Crippen LogP contribution < -0.4 is 9.80 Å². The fraction of sp³-hybridized carbons (Fsp3) is 0.115. The number of carbonyl (C=O) groups excluding carboxylic acids is 2. The molecule has 2 aliphatic rings. The minimum absolute atomic E-state index is 0.146. The van der Waals surface area contributed by atoms with Crippen molar-refractivity contribution in [2.45, 2.75) is 13.3 Å². The zero-order chi connectivity index (χ0) is 22.2. The minimum Gasteiger partial charge on any atom is -0.307 e. The number of carbonyl (C=O) groups is 2. The lowest BCUT2D eigenvalue weighted by molar-refractivity contribution is -0.115. The van der Waals surface area contributed by atoms with Gasteiger partial charge in [-0.25, -0.2) is 0 Å². The number of rotatable bonds is 4. The first-order chi connectivity index (χ1) is 15.6. The Morgan fingerprint density at radius 2 is 1.47 bits per heavy atom. The first kappa shape index (κ1) is 20.7. The van der Waals surface area contributed by atoms with Crippen molar-refractivity contribution < 1.29 is 9.59 Å². The van der Waals surface area contributed by atoms with Gasteiger partial charge in [-0.1, -0.05) is 90.7 Å². The third-order valence-electron chi connectivity index (χ3n) is 5.74. The van der Waals surface area contributed by atoms with E-state index >= 15 is 0 Å². The molecule has 0 aromatic heterocycles. The van der Waals surface area contributed by atoms with Gasteiger partial charge < -0.3 is 4.90 Å². The fourth-order valence-corrected chi connectivity index (χ4v) is 5.50. The lowest BCUT2D eigenvalue weighted by Gasteiger charge is -2.17. The van der Waals surface area contributed by atoms with E-state index in [4.69, 9.17) is 12.2 Å². The lowest BCUT2D eigenvalue weighted by atomic mass is 10.1. The molecule has 4 nitrogen and oxygen atoms in total. The Kier molecular flexibility index (Phi) is 5.41. The second-order valence-corrected chi connectivity index (χ2v) is 9.35. The maximum atomic E-state index is 13.6. The predicted molar refractivity (Wildman–Crippen MR) is 135 cm³/mol. The molecule has 5 rings (SSSR count). The molecule has 2 aliphatic heterocycles. The van der Waals surface area contributed by atoms with Gasteiger partial charge in [-0.05, 0) is 36.6 Å². The molecular weight excluding hydrogens is 436 g/mol. The van der Waals surface area contributed by atoms with Crippen molar-refractivity contribution in [3.8, 4) is 0 Å². The first-order valence-corrected chi connectivity index (χ1v) is 11.6. The quantitative estimate of drug-likeness (QED) is 0.391. The molecule has 1 fully saturated rings. The van der Waals surface area contributed by atoms with Crippen LogP contribution in [0.3, 0.4) is 0 Å². The van der Waals surface area contributed by atoms with Crippen LogP contribution in [-0.4, -0.2) is 22.7 Å². The Bertz CT molecular complexity index is 1280. The Hall–Kier alpha value is -3.22. The zero-order valence-electron chi connectivity index (χ0n) is 17.4. The second-order valence-electron chi connectivity index (χ2n) is 7.71. The summed E-state index contributed by atoms with van der Waals surface area (Å²) in [6.45, 7) is 2.49. The van der Waals surface area contributed by atoms with Gasteiger partial charge in [0.05, 0.1) is 21.9 Å². The number of nitrogens with zero attached hydrogens (tertiary/aromatic N) is 2. The molecule has 0 bridgehead atoms. The number of amides is 2. The summed E-state index contributed by atoms with van der Waals surface area (Å²) in [6, 6.07) is 25.4. The molecule has 1 saturated heterocycles. The molecule has 0 spiro atoms. The van der Waals surface area contributed by atoms with Gasteiger partial charge in [0.1, 0.15) is 0 Å². The normalized spacial score (nSPS) is 18.0. The molecule has 2 heterocycles. The predicted octanol–water partition coefficient (Wildman–Crippen LogP) is 5.36. The zero-order valence-corrected chi connectivity index (χ0v) is 19.1. The highest BCUT2D eigenvalue weighted by molar-refractivity contribution is 8.27. The summed E-state index contributed by atoms with van der Waals surface area (Å²) in [6.07, 6.45) is 0.734. The van der Waals surface area contributed by atoms with Gasteiger partial charge in [-0.3, -0.25) is 14.5 Å². The SMILES string of the molecule is Cc1ccccc1N1C(=O)C(=C2C(=O)N(CCc3ccccc3)c3ccccc32)SC1=S. The summed E-state index contributed by atoms with van der Waals surface area (Å²) in [4.78, 5) is 30.8. The van der Waals surface area contributed by atoms with Gasteiger partial charge in [0.2, 0.25) is 0 Å². The largest absolute Gasteiger partial charge is 0.307 e. The third kappa shape index (κ3) is 3.45. The van der Waals surface area contributed by atoms with Crippen molar-refractivity contribution in [1.82, 2.24) is 0 Å². The van der Waals surface area contributed by atoms with Crippen molar-refractivity contribution in [3.05, 3.63) is 100 Å². The van der Waals surface area contributed by atoms with E-state index in [1.54, 1.807) is 9.80 Å². The Morgan fingerprint density at radius 3 is 2.22 bits per heavy atom. The smallest absolute Gasteiger partial charge is 0.271 e. The minimum atomic E-state index is -0.239. The maximum absolute atomic E-state index is 13.6. The molecular formula is C26H20N2O2S2. The van der Waals surface area contributed by atoms with Crippen molar-refractivity contribution >= 4 is 57.1 Å². The highest BCUT2D eigenvalue weighted by Gasteiger charge is 2.42. The molecule has 3 aromatic rings. The van der Waals surface area contributed by atoms with Crippen molar-refractivity contribution in [2.75, 3.05) is 16.3 Å². The number of para-hydroxylation sites is 2. The monoisotopic (exact) mass is 456 g/mol. The number of hydrogen-bond donors (Lipinski definition) is 0. The molecule has 0 unspecified atom stereocenters. The topological polar surface area (TPSA) is 40.6 Å². The molecule has 3 aromatic carbocycles. The van der Waals surface area contributed by atoms with Crippen LogP contribution >= 0.6 is 24.0 Å². The number of thiocarbonyl (C=S) groups is 1. The summed E-state index contributed by atoms with van der Waals surface area (Å²) in [5.41, 5.74) is 4.95. The summed E-state index contributed by atoms with van der Waals surface area (Å²) < 4.78 is 0.444. The Morgan fingerprint density at radius 1 is 0.812 bits per heavy atom. The van der Waals surface area contributed by atoms with Gasteiger partial charge in [0.15, 0.2) is 4.32 Å². The van der Waals surface area contributed by atoms with Crippen molar-refractivity contribution in [2.24, 2.45) is 0 Å². The fourth-order valence-electron chi connectivity index (χ4n) is 4.15. The van der Waals surface area contributed by atoms with E-state index in [0.717, 1.165) is 34.5 Å². The number of thioether (sulfide) groups is 1. The highest BCUT2D eigenvalue weighted by Crippen LogP contribution is 2.45. The molecule has 0 radical (unpaired) electrons. The van der Waals surface area contributed by atoms with E-state index in [0.29, 0.717) is 21.3 Å². The summed E-state index contributed by atoms with van der Waals surface area (Å²) in [5, 5.41) is 0. The standard InChI is InChI=1S/C26H20N2O2S2/c1-17-9-5-7-13-20(17)28-25(30)23(32-26(28)31)22-19-12-6-8-14-21(19)27(24(22)29)16-15-18-10-3-2-4-11-18/h2-14H,15-16H2,1H3. The first-order valence-electron chi connectivity index (χ1n) is 10.4. The van der Waals surface area contributed by atoms with Gasteiger partial charge in [0.25, 0.3) is 11.8 Å². The van der Waals surface area contributed by atoms with Gasteiger partial charge in [0, 0.05) is 12.1 Å². The Labute approximate surface area is 196 Å². The maximum Gasteiger partial charge on any atom is 0.271 e. The average molecular weight is 457 g/mol. The average Bonchev–Trinajstić information content (AvgIpc) is 3.25. The molecule has 0 atom stereocenters. The summed E-state index contributed by atoms with van der Waals surface area (Å²) >= 11 is 6.77. The molecule has 6 heteroatoms. The van der Waals surface area contributed by atoms with Crippen LogP contribution in [0.1, 0.15) is 16.7 Å².